The van der Waals surface area contributed by atoms with Crippen molar-refractivity contribution in [2.45, 2.75) is 52.7 Å². The highest BCUT2D eigenvalue weighted by atomic mass is 16.5. The first-order chi connectivity index (χ1) is 6.92. The molecule has 92 valence electrons. The van der Waals surface area contributed by atoms with E-state index in [-0.39, 0.29) is 11.7 Å². The summed E-state index contributed by atoms with van der Waals surface area (Å²) in [5, 5.41) is 0. The molecule has 0 bridgehead atoms. The first-order valence-electron chi connectivity index (χ1n) is 5.75. The quantitative estimate of drug-likeness (QED) is 0.586. The maximum atomic E-state index is 5.56. The van der Waals surface area contributed by atoms with Gasteiger partial charge >= 0.3 is 0 Å². The smallest absolute Gasteiger partial charge is 0.0703 e. The van der Waals surface area contributed by atoms with Gasteiger partial charge in [-0.2, -0.15) is 0 Å². The average molecular weight is 218 g/mol. The highest BCUT2D eigenvalue weighted by Crippen LogP contribution is 2.06. The lowest BCUT2D eigenvalue weighted by atomic mass is 10.2. The predicted octanol–water partition coefficient (Wildman–Crippen LogP) is 2.63. The monoisotopic (exact) mass is 218 g/mol. The van der Waals surface area contributed by atoms with Gasteiger partial charge in [-0.1, -0.05) is 0 Å². The Hall–Kier alpha value is -0.120. The van der Waals surface area contributed by atoms with E-state index in [9.17, 15) is 0 Å². The first-order valence-corrected chi connectivity index (χ1v) is 5.75. The molecule has 15 heavy (non-hydrogen) atoms. The van der Waals surface area contributed by atoms with Gasteiger partial charge in [0.15, 0.2) is 0 Å². The van der Waals surface area contributed by atoms with Crippen LogP contribution >= 0.6 is 0 Å². The molecule has 0 aliphatic heterocycles. The second-order valence-corrected chi connectivity index (χ2v) is 4.85. The predicted molar refractivity (Wildman–Crippen MR) is 62.2 cm³/mol. The van der Waals surface area contributed by atoms with Gasteiger partial charge in [0.1, 0.15) is 0 Å². The Labute approximate surface area is 94.1 Å². The SMILES string of the molecule is CC(C)OCCOCCCOC(C)(C)C. The number of rotatable bonds is 8. The third-order valence-electron chi connectivity index (χ3n) is 1.65. The Kier molecular flexibility index (Phi) is 8.02. The first kappa shape index (κ1) is 14.9. The van der Waals surface area contributed by atoms with E-state index in [2.05, 4.69) is 20.8 Å². The summed E-state index contributed by atoms with van der Waals surface area (Å²) in [7, 11) is 0. The lowest BCUT2D eigenvalue weighted by Crippen LogP contribution is -2.20. The minimum atomic E-state index is -0.0409. The molecule has 0 heterocycles. The molecule has 0 unspecified atom stereocenters. The van der Waals surface area contributed by atoms with Crippen LogP contribution < -0.4 is 0 Å². The largest absolute Gasteiger partial charge is 0.379 e. The molecular weight excluding hydrogens is 192 g/mol. The topological polar surface area (TPSA) is 27.7 Å². The fraction of sp³-hybridized carbons (Fsp3) is 1.00. The summed E-state index contributed by atoms with van der Waals surface area (Å²) in [6, 6.07) is 0. The van der Waals surface area contributed by atoms with Gasteiger partial charge in [-0.25, -0.2) is 0 Å². The minimum Gasteiger partial charge on any atom is -0.379 e. The molecule has 0 saturated heterocycles. The van der Waals surface area contributed by atoms with Gasteiger partial charge in [0, 0.05) is 13.2 Å². The van der Waals surface area contributed by atoms with Crippen LogP contribution in [0.15, 0.2) is 0 Å². The van der Waals surface area contributed by atoms with Crippen LogP contribution in [0, 0.1) is 0 Å². The maximum Gasteiger partial charge on any atom is 0.0703 e. The van der Waals surface area contributed by atoms with E-state index in [1.165, 1.54) is 0 Å². The molecule has 0 aromatic carbocycles. The van der Waals surface area contributed by atoms with Crippen LogP contribution in [0.25, 0.3) is 0 Å². The summed E-state index contributed by atoms with van der Waals surface area (Å²) in [5.41, 5.74) is -0.0409. The number of hydrogen-bond donors (Lipinski definition) is 0. The van der Waals surface area contributed by atoms with Gasteiger partial charge in [0.2, 0.25) is 0 Å². The van der Waals surface area contributed by atoms with Crippen LogP contribution in [-0.4, -0.2) is 38.1 Å². The molecule has 0 N–H and O–H groups in total. The highest BCUT2D eigenvalue weighted by molar-refractivity contribution is 4.58. The zero-order valence-electron chi connectivity index (χ0n) is 10.8. The minimum absolute atomic E-state index is 0.0409. The molecule has 0 spiro atoms. The summed E-state index contributed by atoms with van der Waals surface area (Å²) in [6.07, 6.45) is 1.23. The van der Waals surface area contributed by atoms with Gasteiger partial charge in [-0.3, -0.25) is 0 Å². The number of ether oxygens (including phenoxy) is 3. The summed E-state index contributed by atoms with van der Waals surface area (Å²) >= 11 is 0. The Balaban J connectivity index is 3.06. The van der Waals surface area contributed by atoms with E-state index in [4.69, 9.17) is 14.2 Å². The van der Waals surface area contributed by atoms with Crippen LogP contribution in [0.2, 0.25) is 0 Å². The summed E-state index contributed by atoms with van der Waals surface area (Å²) in [5.74, 6) is 0. The van der Waals surface area contributed by atoms with Crippen molar-refractivity contribution in [2.24, 2.45) is 0 Å². The van der Waals surface area contributed by atoms with E-state index in [1.54, 1.807) is 0 Å². The second kappa shape index (κ2) is 8.08. The summed E-state index contributed by atoms with van der Waals surface area (Å²) in [4.78, 5) is 0. The molecule has 0 aromatic heterocycles. The van der Waals surface area contributed by atoms with Crippen LogP contribution in [0.5, 0.6) is 0 Å². The normalized spacial score (nSPS) is 12.4. The van der Waals surface area contributed by atoms with Crippen molar-refractivity contribution in [3.8, 4) is 0 Å². The van der Waals surface area contributed by atoms with Gasteiger partial charge in [-0.15, -0.1) is 0 Å². The van der Waals surface area contributed by atoms with Gasteiger partial charge in [-0.05, 0) is 41.0 Å². The standard InChI is InChI=1S/C12H26O3/c1-11(2)14-10-9-13-7-6-8-15-12(3,4)5/h11H,6-10H2,1-5H3. The Morgan fingerprint density at radius 2 is 1.60 bits per heavy atom. The van der Waals surface area contributed by atoms with Crippen molar-refractivity contribution in [1.82, 2.24) is 0 Å². The van der Waals surface area contributed by atoms with E-state index in [1.807, 2.05) is 13.8 Å². The molecule has 0 aliphatic rings. The number of hydrogen-bond acceptors (Lipinski definition) is 3. The van der Waals surface area contributed by atoms with Crippen molar-refractivity contribution in [3.05, 3.63) is 0 Å². The van der Waals surface area contributed by atoms with Crippen molar-refractivity contribution in [1.29, 1.82) is 0 Å². The Bertz CT molecular complexity index is 138. The molecule has 0 amide bonds. The summed E-state index contributed by atoms with van der Waals surface area (Å²) in [6.45, 7) is 13.1. The maximum absolute atomic E-state index is 5.56. The van der Waals surface area contributed by atoms with E-state index < -0.39 is 0 Å². The molecule has 0 saturated carbocycles. The molecule has 3 heteroatoms. The van der Waals surface area contributed by atoms with E-state index in [0.29, 0.717) is 13.2 Å². The molecule has 0 aliphatic carbocycles. The lowest BCUT2D eigenvalue weighted by Gasteiger charge is -2.19. The average Bonchev–Trinajstić information content (AvgIpc) is 2.07. The molecule has 0 fully saturated rings. The van der Waals surface area contributed by atoms with Gasteiger partial charge in [0.05, 0.1) is 24.9 Å². The van der Waals surface area contributed by atoms with E-state index >= 15 is 0 Å². The third-order valence-corrected chi connectivity index (χ3v) is 1.65. The van der Waals surface area contributed by atoms with E-state index in [0.717, 1.165) is 19.6 Å². The molecule has 3 nitrogen and oxygen atoms in total. The van der Waals surface area contributed by atoms with Crippen LogP contribution in [-0.2, 0) is 14.2 Å². The fourth-order valence-electron chi connectivity index (χ4n) is 0.984. The summed E-state index contributed by atoms with van der Waals surface area (Å²) < 4.78 is 16.3. The fourth-order valence-corrected chi connectivity index (χ4v) is 0.984. The van der Waals surface area contributed by atoms with Crippen LogP contribution in [0.3, 0.4) is 0 Å². The molecule has 0 radical (unpaired) electrons. The molecular formula is C12H26O3. The second-order valence-electron chi connectivity index (χ2n) is 4.85. The van der Waals surface area contributed by atoms with Gasteiger partial charge < -0.3 is 14.2 Å². The third kappa shape index (κ3) is 13.9. The Morgan fingerprint density at radius 1 is 0.933 bits per heavy atom. The van der Waals surface area contributed by atoms with Crippen molar-refractivity contribution in [3.63, 3.8) is 0 Å². The zero-order valence-corrected chi connectivity index (χ0v) is 10.8. The van der Waals surface area contributed by atoms with Crippen molar-refractivity contribution < 1.29 is 14.2 Å². The highest BCUT2D eigenvalue weighted by Gasteiger charge is 2.08. The molecule has 0 atom stereocenters. The zero-order chi connectivity index (χ0) is 11.7. The van der Waals surface area contributed by atoms with Gasteiger partial charge in [0.25, 0.3) is 0 Å². The Morgan fingerprint density at radius 3 is 2.13 bits per heavy atom. The van der Waals surface area contributed by atoms with Crippen LogP contribution in [0.4, 0.5) is 0 Å². The van der Waals surface area contributed by atoms with Crippen molar-refractivity contribution in [2.75, 3.05) is 26.4 Å². The molecule has 0 aromatic rings. The van der Waals surface area contributed by atoms with Crippen LogP contribution in [0.1, 0.15) is 41.0 Å². The molecule has 0 rings (SSSR count). The lowest BCUT2D eigenvalue weighted by molar-refractivity contribution is -0.0216. The van der Waals surface area contributed by atoms with Crippen molar-refractivity contribution >= 4 is 0 Å².